The summed E-state index contributed by atoms with van der Waals surface area (Å²) in [6.07, 6.45) is 0. The Morgan fingerprint density at radius 3 is 1.88 bits per heavy atom. The summed E-state index contributed by atoms with van der Waals surface area (Å²) in [6.45, 7) is 8.16. The Morgan fingerprint density at radius 1 is 1.25 bits per heavy atom. The van der Waals surface area contributed by atoms with Gasteiger partial charge in [0.15, 0.2) is 0 Å². The maximum atomic E-state index is 2.45. The Bertz CT molecular complexity index is 43.8. The van der Waals surface area contributed by atoms with E-state index in [0.717, 1.165) is 0 Å². The van der Waals surface area contributed by atoms with Gasteiger partial charge >= 0.3 is 65.3 Å². The second kappa shape index (κ2) is 5.89. The fourth-order valence-electron chi connectivity index (χ4n) is 0.698. The van der Waals surface area contributed by atoms with E-state index >= 15 is 0 Å². The minimum absolute atomic E-state index is 1.21. The fourth-order valence-corrected chi connectivity index (χ4v) is 1.60. The molecule has 0 rings (SSSR count). The predicted molar refractivity (Wildman–Crippen MR) is 38.3 cm³/mol. The summed E-state index contributed by atoms with van der Waals surface area (Å²) in [5.41, 5.74) is 0. The van der Waals surface area contributed by atoms with Crippen molar-refractivity contribution in [3.05, 3.63) is 0 Å². The Morgan fingerprint density at radius 2 is 1.75 bits per heavy atom. The normalized spacial score (nSPS) is 10.5. The van der Waals surface area contributed by atoms with Crippen LogP contribution in [0.15, 0.2) is 0 Å². The summed E-state index contributed by atoms with van der Waals surface area (Å²) in [5.74, 6) is 0. The molecule has 0 aromatic carbocycles. The Balaban J connectivity index is 3.07. The zero-order valence-electron chi connectivity index (χ0n) is 5.78. The monoisotopic (exact) mass is 220 g/mol. The van der Waals surface area contributed by atoms with Crippen LogP contribution in [0.5, 0.6) is 0 Å². The summed E-state index contributed by atoms with van der Waals surface area (Å²) in [6, 6.07) is 0. The van der Waals surface area contributed by atoms with Gasteiger partial charge in [-0.2, -0.15) is 0 Å². The van der Waals surface area contributed by atoms with Gasteiger partial charge in [-0.3, -0.25) is 0 Å². The third-order valence-corrected chi connectivity index (χ3v) is 1.96. The molecule has 0 N–H and O–H groups in total. The SMILES string of the molecule is CCN(CC)C[CH2][Sn]. The molecular weight excluding hydrogens is 205 g/mol. The van der Waals surface area contributed by atoms with Gasteiger partial charge < -0.3 is 0 Å². The quantitative estimate of drug-likeness (QED) is 0.635. The molecule has 1 nitrogen and oxygen atoms in total. The molecule has 0 fully saturated rings. The van der Waals surface area contributed by atoms with Gasteiger partial charge in [0.1, 0.15) is 0 Å². The average molecular weight is 219 g/mol. The van der Waals surface area contributed by atoms with E-state index in [1.807, 2.05) is 0 Å². The standard InChI is InChI=1S/C6H14N.Sn/c1-4-7(5-2)6-3;/h1,4-6H2,2-3H3;. The zero-order valence-corrected chi connectivity index (χ0v) is 8.63. The van der Waals surface area contributed by atoms with Crippen LogP contribution >= 0.6 is 0 Å². The molecule has 0 aliphatic rings. The van der Waals surface area contributed by atoms with Crippen molar-refractivity contribution in [1.82, 2.24) is 4.90 Å². The molecule has 0 aliphatic heterocycles. The fraction of sp³-hybridized carbons (Fsp3) is 1.00. The first-order chi connectivity index (χ1) is 3.85. The molecule has 0 aromatic heterocycles. The number of rotatable bonds is 4. The molecule has 0 aromatic rings. The van der Waals surface area contributed by atoms with Gasteiger partial charge in [0.05, 0.1) is 0 Å². The van der Waals surface area contributed by atoms with Crippen LogP contribution in [0.3, 0.4) is 0 Å². The van der Waals surface area contributed by atoms with Gasteiger partial charge in [-0.1, -0.05) is 0 Å². The van der Waals surface area contributed by atoms with Crippen LogP contribution in [0.2, 0.25) is 4.44 Å². The van der Waals surface area contributed by atoms with Crippen molar-refractivity contribution >= 4 is 22.5 Å². The van der Waals surface area contributed by atoms with Crippen molar-refractivity contribution in [2.45, 2.75) is 18.3 Å². The molecule has 0 heterocycles. The summed E-state index contributed by atoms with van der Waals surface area (Å²) < 4.78 is 1.37. The van der Waals surface area contributed by atoms with Crippen LogP contribution < -0.4 is 0 Å². The van der Waals surface area contributed by atoms with E-state index in [1.54, 1.807) is 22.5 Å². The Labute approximate surface area is 65.5 Å². The van der Waals surface area contributed by atoms with Gasteiger partial charge in [0.25, 0.3) is 0 Å². The molecule has 0 spiro atoms. The number of hydrogen-bond acceptors (Lipinski definition) is 1. The second-order valence-electron chi connectivity index (χ2n) is 1.78. The summed E-state index contributed by atoms with van der Waals surface area (Å²) in [4.78, 5) is 2.45. The van der Waals surface area contributed by atoms with Gasteiger partial charge in [-0.05, 0) is 0 Å². The van der Waals surface area contributed by atoms with Gasteiger partial charge in [0.2, 0.25) is 0 Å². The maximum absolute atomic E-state index is 2.45. The van der Waals surface area contributed by atoms with E-state index < -0.39 is 0 Å². The molecule has 0 aliphatic carbocycles. The van der Waals surface area contributed by atoms with E-state index in [1.165, 1.54) is 24.1 Å². The summed E-state index contributed by atoms with van der Waals surface area (Å²) >= 11 is 1.66. The summed E-state index contributed by atoms with van der Waals surface area (Å²) in [7, 11) is 0. The van der Waals surface area contributed by atoms with Gasteiger partial charge in [-0.15, -0.1) is 0 Å². The van der Waals surface area contributed by atoms with Crippen LogP contribution in [0, 0.1) is 0 Å². The molecule has 47 valence electrons. The predicted octanol–water partition coefficient (Wildman–Crippen LogP) is 0.915. The molecule has 0 saturated heterocycles. The van der Waals surface area contributed by atoms with Gasteiger partial charge in [-0.25, -0.2) is 0 Å². The molecule has 0 atom stereocenters. The molecule has 0 unspecified atom stereocenters. The molecule has 0 bridgehead atoms. The molecule has 8 heavy (non-hydrogen) atoms. The van der Waals surface area contributed by atoms with E-state index in [4.69, 9.17) is 0 Å². The van der Waals surface area contributed by atoms with E-state index in [9.17, 15) is 0 Å². The van der Waals surface area contributed by atoms with Crippen molar-refractivity contribution in [3.63, 3.8) is 0 Å². The molecule has 3 radical (unpaired) electrons. The molecule has 0 amide bonds. The van der Waals surface area contributed by atoms with E-state index in [0.29, 0.717) is 0 Å². The number of nitrogens with zero attached hydrogens (tertiary/aromatic N) is 1. The molecule has 0 saturated carbocycles. The van der Waals surface area contributed by atoms with E-state index in [-0.39, 0.29) is 0 Å². The topological polar surface area (TPSA) is 3.24 Å². The molecular formula is C6H14NSn. The summed E-state index contributed by atoms with van der Waals surface area (Å²) in [5, 5.41) is 0. The first kappa shape index (κ1) is 8.76. The Hall–Kier alpha value is 0.759. The van der Waals surface area contributed by atoms with Gasteiger partial charge in [0, 0.05) is 0 Å². The van der Waals surface area contributed by atoms with Crippen LogP contribution in [-0.4, -0.2) is 47.1 Å². The van der Waals surface area contributed by atoms with Crippen molar-refractivity contribution in [1.29, 1.82) is 0 Å². The van der Waals surface area contributed by atoms with Crippen LogP contribution in [-0.2, 0) is 0 Å². The first-order valence-corrected chi connectivity index (χ1v) is 5.23. The Kier molecular flexibility index (Phi) is 6.45. The van der Waals surface area contributed by atoms with E-state index in [2.05, 4.69) is 18.7 Å². The van der Waals surface area contributed by atoms with Crippen LogP contribution in [0.4, 0.5) is 0 Å². The van der Waals surface area contributed by atoms with Crippen molar-refractivity contribution in [2.75, 3.05) is 19.6 Å². The van der Waals surface area contributed by atoms with Crippen molar-refractivity contribution in [3.8, 4) is 0 Å². The first-order valence-electron chi connectivity index (χ1n) is 3.22. The third-order valence-electron chi connectivity index (χ3n) is 1.32. The van der Waals surface area contributed by atoms with Crippen molar-refractivity contribution in [2.24, 2.45) is 0 Å². The minimum atomic E-state index is 1.21. The zero-order chi connectivity index (χ0) is 6.41. The van der Waals surface area contributed by atoms with Crippen molar-refractivity contribution < 1.29 is 0 Å². The average Bonchev–Trinajstić information content (AvgIpc) is 1.83. The molecule has 2 heteroatoms. The second-order valence-corrected chi connectivity index (χ2v) is 3.20. The number of hydrogen-bond donors (Lipinski definition) is 0. The van der Waals surface area contributed by atoms with Crippen LogP contribution in [0.25, 0.3) is 0 Å². The van der Waals surface area contributed by atoms with Crippen LogP contribution in [0.1, 0.15) is 13.8 Å². The third kappa shape index (κ3) is 3.72.